The summed E-state index contributed by atoms with van der Waals surface area (Å²) in [4.78, 5) is 0. The fourth-order valence-electron chi connectivity index (χ4n) is 1.76. The third-order valence-electron chi connectivity index (χ3n) is 2.74. The molecule has 0 spiro atoms. The van der Waals surface area contributed by atoms with Gasteiger partial charge in [-0.2, -0.15) is 0 Å². The highest BCUT2D eigenvalue weighted by Gasteiger charge is 1.97. The molecule has 0 aliphatic carbocycles. The smallest absolute Gasteiger partial charge is 0.119 e. The summed E-state index contributed by atoms with van der Waals surface area (Å²) in [6, 6.07) is 12.3. The summed E-state index contributed by atoms with van der Waals surface area (Å²) in [5, 5.41) is 5.54. The van der Waals surface area contributed by atoms with Gasteiger partial charge < -0.3 is 10.1 Å². The van der Waals surface area contributed by atoms with E-state index in [0.29, 0.717) is 0 Å². The molecule has 0 saturated heterocycles. The molecule has 0 bridgehead atoms. The van der Waals surface area contributed by atoms with Crippen LogP contribution in [0.3, 0.4) is 0 Å². The first kappa shape index (κ1) is 12.5. The zero-order valence-electron chi connectivity index (χ0n) is 10.8. The topological polar surface area (TPSA) is 21.3 Å². The molecule has 1 N–H and O–H groups in total. The summed E-state index contributed by atoms with van der Waals surface area (Å²) in [7, 11) is 1.68. The molecule has 0 heterocycles. The van der Waals surface area contributed by atoms with Gasteiger partial charge in [-0.1, -0.05) is 30.9 Å². The van der Waals surface area contributed by atoms with Crippen LogP contribution >= 0.6 is 0 Å². The molecule has 2 heteroatoms. The van der Waals surface area contributed by atoms with Gasteiger partial charge >= 0.3 is 0 Å². The number of hydrogen-bond acceptors (Lipinski definition) is 2. The number of methoxy groups -OCH3 is 1. The van der Waals surface area contributed by atoms with E-state index in [1.54, 1.807) is 7.11 Å². The van der Waals surface area contributed by atoms with Crippen LogP contribution in [-0.2, 0) is 0 Å². The van der Waals surface area contributed by atoms with Gasteiger partial charge in [0.1, 0.15) is 5.75 Å². The number of nitrogens with one attached hydrogen (secondary N) is 1. The summed E-state index contributed by atoms with van der Waals surface area (Å²) < 4.78 is 5.21. The number of rotatable bonds is 3. The van der Waals surface area contributed by atoms with E-state index < -0.39 is 0 Å². The molecule has 92 valence electrons. The fourth-order valence-corrected chi connectivity index (χ4v) is 1.76. The second kappa shape index (κ2) is 6.09. The van der Waals surface area contributed by atoms with Crippen LogP contribution in [0.4, 0.5) is 0 Å². The van der Waals surface area contributed by atoms with Gasteiger partial charge in [0.25, 0.3) is 0 Å². The van der Waals surface area contributed by atoms with Crippen molar-refractivity contribution >= 4 is 10.8 Å². The third-order valence-corrected chi connectivity index (χ3v) is 2.74. The molecule has 2 aromatic carbocycles. The molecular weight excluding hydrogens is 222 g/mol. The number of hydrogen-bond donors (Lipinski definition) is 1. The average molecular weight is 239 g/mol. The van der Waals surface area contributed by atoms with Crippen LogP contribution in [0.5, 0.6) is 5.75 Å². The van der Waals surface area contributed by atoms with Crippen LogP contribution in [0.25, 0.3) is 10.8 Å². The van der Waals surface area contributed by atoms with Gasteiger partial charge in [0.05, 0.1) is 13.7 Å². The van der Waals surface area contributed by atoms with Crippen molar-refractivity contribution in [1.82, 2.24) is 5.32 Å². The highest BCUT2D eigenvalue weighted by atomic mass is 16.5. The van der Waals surface area contributed by atoms with Gasteiger partial charge in [0, 0.05) is 5.56 Å². The van der Waals surface area contributed by atoms with E-state index in [1.165, 1.54) is 10.8 Å². The Kier molecular flexibility index (Phi) is 4.22. The lowest BCUT2D eigenvalue weighted by Crippen LogP contribution is -2.11. The third kappa shape index (κ3) is 3.03. The van der Waals surface area contributed by atoms with Gasteiger partial charge in [-0.3, -0.25) is 0 Å². The molecule has 18 heavy (non-hydrogen) atoms. The molecule has 0 aliphatic heterocycles. The first-order valence-corrected chi connectivity index (χ1v) is 6.11. The largest absolute Gasteiger partial charge is 0.497 e. The molecule has 0 atom stereocenters. The number of fused-ring (bicyclic) bond motifs is 1. The predicted molar refractivity (Wildman–Crippen MR) is 75.9 cm³/mol. The molecule has 0 fully saturated rings. The lowest BCUT2D eigenvalue weighted by atomic mass is 10.1. The highest BCUT2D eigenvalue weighted by molar-refractivity contribution is 5.85. The van der Waals surface area contributed by atoms with Crippen molar-refractivity contribution in [2.75, 3.05) is 20.2 Å². The Morgan fingerprint density at radius 2 is 1.89 bits per heavy atom. The van der Waals surface area contributed by atoms with Crippen molar-refractivity contribution in [3.05, 3.63) is 42.0 Å². The molecule has 0 saturated carbocycles. The summed E-state index contributed by atoms with van der Waals surface area (Å²) >= 11 is 0. The minimum atomic E-state index is 0.733. The Morgan fingerprint density at radius 3 is 2.67 bits per heavy atom. The molecular formula is C16H17NO. The number of benzene rings is 2. The molecule has 0 aliphatic rings. The highest BCUT2D eigenvalue weighted by Crippen LogP contribution is 2.21. The summed E-state index contributed by atoms with van der Waals surface area (Å²) in [6.45, 7) is 3.76. The zero-order chi connectivity index (χ0) is 12.8. The van der Waals surface area contributed by atoms with Crippen LogP contribution in [0.15, 0.2) is 36.4 Å². The SMILES string of the molecule is CCNCC#Cc1ccc2cc(OC)ccc2c1. The van der Waals surface area contributed by atoms with Crippen LogP contribution in [0, 0.1) is 11.8 Å². The Bertz CT molecular complexity index is 593. The predicted octanol–water partition coefficient (Wildman–Crippen LogP) is 2.81. The van der Waals surface area contributed by atoms with E-state index in [1.807, 2.05) is 18.2 Å². The maximum absolute atomic E-state index is 5.21. The normalized spacial score (nSPS) is 9.89. The average Bonchev–Trinajstić information content (AvgIpc) is 2.43. The van der Waals surface area contributed by atoms with Crippen LogP contribution in [0.2, 0.25) is 0 Å². The fraction of sp³-hybridized carbons (Fsp3) is 0.250. The van der Waals surface area contributed by atoms with Gasteiger partial charge in [0.2, 0.25) is 0 Å². The summed E-state index contributed by atoms with van der Waals surface area (Å²) in [5.74, 6) is 7.14. The molecule has 2 nitrogen and oxygen atoms in total. The Hall–Kier alpha value is -1.98. The van der Waals surface area contributed by atoms with Crippen molar-refractivity contribution in [2.24, 2.45) is 0 Å². The van der Waals surface area contributed by atoms with E-state index in [9.17, 15) is 0 Å². The monoisotopic (exact) mass is 239 g/mol. The summed E-state index contributed by atoms with van der Waals surface area (Å²) in [5.41, 5.74) is 1.05. The first-order chi connectivity index (χ1) is 8.83. The van der Waals surface area contributed by atoms with E-state index >= 15 is 0 Å². The van der Waals surface area contributed by atoms with Crippen molar-refractivity contribution in [3.63, 3.8) is 0 Å². The van der Waals surface area contributed by atoms with Crippen molar-refractivity contribution in [2.45, 2.75) is 6.92 Å². The molecule has 0 aromatic heterocycles. The Balaban J connectivity index is 2.24. The van der Waals surface area contributed by atoms with Crippen molar-refractivity contribution in [1.29, 1.82) is 0 Å². The Morgan fingerprint density at radius 1 is 1.11 bits per heavy atom. The molecule has 0 amide bonds. The van der Waals surface area contributed by atoms with Crippen molar-refractivity contribution in [3.8, 4) is 17.6 Å². The first-order valence-electron chi connectivity index (χ1n) is 6.11. The maximum Gasteiger partial charge on any atom is 0.119 e. The molecule has 2 aromatic rings. The minimum Gasteiger partial charge on any atom is -0.497 e. The second-order valence-electron chi connectivity index (χ2n) is 4.01. The van der Waals surface area contributed by atoms with Gasteiger partial charge in [-0.15, -0.1) is 0 Å². The second-order valence-corrected chi connectivity index (χ2v) is 4.01. The van der Waals surface area contributed by atoms with Crippen LogP contribution in [-0.4, -0.2) is 20.2 Å². The molecule has 0 unspecified atom stereocenters. The lowest BCUT2D eigenvalue weighted by molar-refractivity contribution is 0.415. The maximum atomic E-state index is 5.21. The van der Waals surface area contributed by atoms with Crippen LogP contribution in [0.1, 0.15) is 12.5 Å². The molecule has 0 radical (unpaired) electrons. The van der Waals surface area contributed by atoms with Gasteiger partial charge in [-0.25, -0.2) is 0 Å². The quantitative estimate of drug-likeness (QED) is 0.657. The van der Waals surface area contributed by atoms with Gasteiger partial charge in [0.15, 0.2) is 0 Å². The van der Waals surface area contributed by atoms with E-state index in [2.05, 4.69) is 42.3 Å². The van der Waals surface area contributed by atoms with E-state index in [-0.39, 0.29) is 0 Å². The molecule has 2 rings (SSSR count). The minimum absolute atomic E-state index is 0.733. The lowest BCUT2D eigenvalue weighted by Gasteiger charge is -2.02. The van der Waals surface area contributed by atoms with Crippen molar-refractivity contribution < 1.29 is 4.74 Å². The van der Waals surface area contributed by atoms with Gasteiger partial charge in [-0.05, 0) is 41.6 Å². The summed E-state index contributed by atoms with van der Waals surface area (Å²) in [6.07, 6.45) is 0. The number of ether oxygens (including phenoxy) is 1. The van der Waals surface area contributed by atoms with E-state index in [0.717, 1.165) is 24.4 Å². The Labute approximate surface area is 108 Å². The van der Waals surface area contributed by atoms with Crippen LogP contribution < -0.4 is 10.1 Å². The zero-order valence-corrected chi connectivity index (χ0v) is 10.8. The standard InChI is InChI=1S/C16H17NO/c1-3-17-10-4-5-13-6-7-15-12-16(18-2)9-8-14(15)11-13/h6-9,11-12,17H,3,10H2,1-2H3. The van der Waals surface area contributed by atoms with E-state index in [4.69, 9.17) is 4.74 Å².